The quantitative estimate of drug-likeness (QED) is 0.464. The maximum atomic E-state index is 6.60. The van der Waals surface area contributed by atoms with Crippen molar-refractivity contribution in [3.8, 4) is 28.7 Å². The Bertz CT molecular complexity index is 1150. The molecule has 33 heavy (non-hydrogen) atoms. The summed E-state index contributed by atoms with van der Waals surface area (Å²) in [5, 5.41) is 9.13. The molecule has 172 valence electrons. The first-order valence-electron chi connectivity index (χ1n) is 10.8. The van der Waals surface area contributed by atoms with E-state index in [0.29, 0.717) is 23.9 Å². The first-order valence-corrected chi connectivity index (χ1v) is 11.7. The molecule has 2 aromatic carbocycles. The standard InChI is InChI=1S/C25H26N2O5S/c1-5-31-19-9-6-8-16-18-14-17(22-10-7-11-33-22)26-27(18)25(32-23(16)19)15-12-20(28-2)24(30-4)21(13-15)29-3/h6-13,18,25H,5,14H2,1-4H3. The zero-order chi connectivity index (χ0) is 22.9. The Morgan fingerprint density at radius 2 is 1.82 bits per heavy atom. The van der Waals surface area contributed by atoms with Crippen molar-refractivity contribution in [3.63, 3.8) is 0 Å². The number of benzene rings is 2. The number of rotatable bonds is 7. The number of nitrogens with zero attached hydrogens (tertiary/aromatic N) is 2. The second-order valence-corrected chi connectivity index (χ2v) is 8.61. The number of methoxy groups -OCH3 is 3. The van der Waals surface area contributed by atoms with Crippen LogP contribution in [0, 0.1) is 0 Å². The predicted molar refractivity (Wildman–Crippen MR) is 127 cm³/mol. The molecule has 2 atom stereocenters. The van der Waals surface area contributed by atoms with Crippen molar-refractivity contribution < 1.29 is 23.7 Å². The van der Waals surface area contributed by atoms with Crippen LogP contribution in [0.3, 0.4) is 0 Å². The summed E-state index contributed by atoms with van der Waals surface area (Å²) >= 11 is 1.69. The van der Waals surface area contributed by atoms with Gasteiger partial charge in [-0.25, -0.2) is 5.01 Å². The molecule has 0 amide bonds. The lowest BCUT2D eigenvalue weighted by Gasteiger charge is -2.39. The Kier molecular flexibility index (Phi) is 5.76. The molecule has 0 radical (unpaired) electrons. The smallest absolute Gasteiger partial charge is 0.214 e. The number of fused-ring (bicyclic) bond motifs is 3. The van der Waals surface area contributed by atoms with Crippen LogP contribution >= 0.6 is 11.3 Å². The Balaban J connectivity index is 1.65. The fourth-order valence-corrected chi connectivity index (χ4v) is 5.13. The number of para-hydroxylation sites is 1. The van der Waals surface area contributed by atoms with Gasteiger partial charge in [-0.2, -0.15) is 5.10 Å². The summed E-state index contributed by atoms with van der Waals surface area (Å²) in [4.78, 5) is 1.16. The lowest BCUT2D eigenvalue weighted by Crippen LogP contribution is -2.34. The number of thiophene rings is 1. The Hall–Kier alpha value is -3.39. The van der Waals surface area contributed by atoms with Crippen molar-refractivity contribution in [1.29, 1.82) is 0 Å². The van der Waals surface area contributed by atoms with Crippen LogP contribution in [0.2, 0.25) is 0 Å². The molecule has 0 bridgehead atoms. The van der Waals surface area contributed by atoms with Gasteiger partial charge in [0, 0.05) is 17.5 Å². The molecule has 0 fully saturated rings. The number of hydrogen-bond acceptors (Lipinski definition) is 8. The van der Waals surface area contributed by atoms with Crippen molar-refractivity contribution in [1.82, 2.24) is 5.01 Å². The molecule has 0 saturated heterocycles. The number of ether oxygens (including phenoxy) is 5. The fourth-order valence-electron chi connectivity index (χ4n) is 4.41. The van der Waals surface area contributed by atoms with Crippen LogP contribution in [0.5, 0.6) is 28.7 Å². The summed E-state index contributed by atoms with van der Waals surface area (Å²) in [6, 6.07) is 14.0. The van der Waals surface area contributed by atoms with Gasteiger partial charge in [0.05, 0.1) is 44.6 Å². The van der Waals surface area contributed by atoms with Crippen molar-refractivity contribution >= 4 is 17.0 Å². The second kappa shape index (κ2) is 8.86. The normalized spacial score (nSPS) is 18.7. The van der Waals surface area contributed by atoms with E-state index in [-0.39, 0.29) is 6.04 Å². The molecule has 1 aromatic heterocycles. The minimum atomic E-state index is -0.490. The van der Waals surface area contributed by atoms with E-state index in [9.17, 15) is 0 Å². The number of hydrazone groups is 1. The lowest BCUT2D eigenvalue weighted by molar-refractivity contribution is -0.0214. The van der Waals surface area contributed by atoms with E-state index in [4.69, 9.17) is 28.8 Å². The average molecular weight is 467 g/mol. The first kappa shape index (κ1) is 21.5. The number of hydrogen-bond donors (Lipinski definition) is 0. The van der Waals surface area contributed by atoms with Crippen LogP contribution in [0.4, 0.5) is 0 Å². The highest BCUT2D eigenvalue weighted by Crippen LogP contribution is 2.52. The van der Waals surface area contributed by atoms with Crippen molar-refractivity contribution in [2.75, 3.05) is 27.9 Å². The van der Waals surface area contributed by atoms with E-state index in [1.54, 1.807) is 32.7 Å². The van der Waals surface area contributed by atoms with Gasteiger partial charge in [0.25, 0.3) is 0 Å². The summed E-state index contributed by atoms with van der Waals surface area (Å²) in [6.07, 6.45) is 0.295. The Morgan fingerprint density at radius 1 is 1.03 bits per heavy atom. The molecule has 0 N–H and O–H groups in total. The van der Waals surface area contributed by atoms with Gasteiger partial charge in [-0.3, -0.25) is 0 Å². The van der Waals surface area contributed by atoms with Crippen molar-refractivity contribution in [2.45, 2.75) is 25.6 Å². The molecule has 5 rings (SSSR count). The summed E-state index contributed by atoms with van der Waals surface area (Å²) in [5.41, 5.74) is 2.97. The molecule has 0 saturated carbocycles. The minimum Gasteiger partial charge on any atom is -0.493 e. The molecule has 0 aliphatic carbocycles. The highest BCUT2D eigenvalue weighted by Gasteiger charge is 2.43. The van der Waals surface area contributed by atoms with Gasteiger partial charge in [-0.15, -0.1) is 11.3 Å². The average Bonchev–Trinajstić information content (AvgIpc) is 3.53. The van der Waals surface area contributed by atoms with Crippen LogP contribution in [0.15, 0.2) is 52.9 Å². The van der Waals surface area contributed by atoms with E-state index in [1.807, 2.05) is 42.3 Å². The summed E-state index contributed by atoms with van der Waals surface area (Å²) in [7, 11) is 4.81. The van der Waals surface area contributed by atoms with Crippen molar-refractivity contribution in [3.05, 3.63) is 63.8 Å². The van der Waals surface area contributed by atoms with Crippen LogP contribution in [-0.2, 0) is 0 Å². The highest BCUT2D eigenvalue weighted by atomic mass is 32.1. The van der Waals surface area contributed by atoms with Crippen LogP contribution < -0.4 is 23.7 Å². The first-order chi connectivity index (χ1) is 16.2. The summed E-state index contributed by atoms with van der Waals surface area (Å²) < 4.78 is 29.2. The third kappa shape index (κ3) is 3.64. The van der Waals surface area contributed by atoms with E-state index >= 15 is 0 Å². The SMILES string of the molecule is CCOc1cccc2c1OC(c1cc(OC)c(OC)c(OC)c1)N1N=C(c3cccs3)CC21. The van der Waals surface area contributed by atoms with E-state index in [2.05, 4.69) is 17.5 Å². The molecule has 2 aliphatic rings. The maximum absolute atomic E-state index is 6.60. The third-order valence-electron chi connectivity index (χ3n) is 5.86. The fraction of sp³-hybridized carbons (Fsp3) is 0.320. The Morgan fingerprint density at radius 3 is 2.45 bits per heavy atom. The minimum absolute atomic E-state index is 0.0235. The van der Waals surface area contributed by atoms with Crippen LogP contribution in [0.1, 0.15) is 41.6 Å². The highest BCUT2D eigenvalue weighted by molar-refractivity contribution is 7.12. The molecule has 7 nitrogen and oxygen atoms in total. The van der Waals surface area contributed by atoms with Gasteiger partial charge in [-0.05, 0) is 36.6 Å². The molecule has 3 heterocycles. The molecule has 8 heteroatoms. The molecular weight excluding hydrogens is 440 g/mol. The van der Waals surface area contributed by atoms with E-state index < -0.39 is 6.23 Å². The largest absolute Gasteiger partial charge is 0.493 e. The topological polar surface area (TPSA) is 61.8 Å². The summed E-state index contributed by atoms with van der Waals surface area (Å²) in [5.74, 6) is 3.16. The van der Waals surface area contributed by atoms with Crippen molar-refractivity contribution in [2.24, 2.45) is 5.10 Å². The van der Waals surface area contributed by atoms with Gasteiger partial charge >= 0.3 is 0 Å². The molecular formula is C25H26N2O5S. The third-order valence-corrected chi connectivity index (χ3v) is 6.78. The van der Waals surface area contributed by atoms with E-state index in [0.717, 1.165) is 39.6 Å². The molecule has 3 aromatic rings. The second-order valence-electron chi connectivity index (χ2n) is 7.66. The Labute approximate surface area is 197 Å². The van der Waals surface area contributed by atoms with Gasteiger partial charge < -0.3 is 23.7 Å². The van der Waals surface area contributed by atoms with Gasteiger partial charge in [-0.1, -0.05) is 18.2 Å². The molecule has 2 aliphatic heterocycles. The van der Waals surface area contributed by atoms with Gasteiger partial charge in [0.1, 0.15) is 0 Å². The lowest BCUT2D eigenvalue weighted by atomic mass is 9.97. The molecule has 2 unspecified atom stereocenters. The van der Waals surface area contributed by atoms with Crippen LogP contribution in [-0.4, -0.2) is 38.7 Å². The maximum Gasteiger partial charge on any atom is 0.214 e. The van der Waals surface area contributed by atoms with E-state index in [1.165, 1.54) is 0 Å². The van der Waals surface area contributed by atoms with Gasteiger partial charge in [0.15, 0.2) is 23.0 Å². The predicted octanol–water partition coefficient (Wildman–Crippen LogP) is 5.41. The molecule has 0 spiro atoms. The zero-order valence-electron chi connectivity index (χ0n) is 19.0. The van der Waals surface area contributed by atoms with Crippen LogP contribution in [0.25, 0.3) is 0 Å². The summed E-state index contributed by atoms with van der Waals surface area (Å²) in [6.45, 7) is 2.53. The van der Waals surface area contributed by atoms with Gasteiger partial charge in [0.2, 0.25) is 12.0 Å². The monoisotopic (exact) mass is 466 g/mol. The zero-order valence-corrected chi connectivity index (χ0v) is 19.8.